The van der Waals surface area contributed by atoms with Gasteiger partial charge in [-0.05, 0) is 77.9 Å². The van der Waals surface area contributed by atoms with Crippen LogP contribution in [-0.4, -0.2) is 46.2 Å². The smallest absolute Gasteiger partial charge is 0.193 e. The first-order valence-corrected chi connectivity index (χ1v) is 23.5. The Balaban J connectivity index is 0.000000188. The number of benzene rings is 6. The molecule has 8 rings (SSSR count). The number of nitrogens with one attached hydrogen (secondary N) is 1. The van der Waals surface area contributed by atoms with E-state index >= 15 is 0 Å². The Kier molecular flexibility index (Phi) is 12.7. The van der Waals surface area contributed by atoms with Crippen molar-refractivity contribution in [2.45, 2.75) is 32.4 Å². The van der Waals surface area contributed by atoms with Crippen molar-refractivity contribution < 1.29 is 14.3 Å². The Morgan fingerprint density at radius 1 is 0.617 bits per heavy atom. The number of anilines is 2. The summed E-state index contributed by atoms with van der Waals surface area (Å²) >= 11 is 0. The molecule has 0 spiro atoms. The molecule has 0 unspecified atom stereocenters. The molecule has 0 atom stereocenters. The third-order valence-electron chi connectivity index (χ3n) is 9.87. The predicted octanol–water partition coefficient (Wildman–Crippen LogP) is 10.9. The van der Waals surface area contributed by atoms with Crippen molar-refractivity contribution in [1.29, 1.82) is 0 Å². The van der Waals surface area contributed by atoms with Crippen LogP contribution in [0.25, 0.3) is 46.1 Å². The first-order valence-electron chi connectivity index (χ1n) is 19.8. The van der Waals surface area contributed by atoms with Crippen molar-refractivity contribution in [2.75, 3.05) is 18.1 Å². The molecule has 2 aromatic heterocycles. The SMILES string of the molecule is C[Si](C)(C)CCOCn1nc(/C=C/c2ccccc2)c2ccc(C(=O)c3cccc(N)c3)cc21.Nc1cccc(C(=O)c2ccc3c(/C=C/c4ccccc4)n[nH]c3c2)c1. The minimum atomic E-state index is -1.18. The second-order valence-corrected chi connectivity index (χ2v) is 21.4. The van der Waals surface area contributed by atoms with Gasteiger partial charge in [0.05, 0.1) is 22.4 Å². The van der Waals surface area contributed by atoms with Crippen LogP contribution in [0.4, 0.5) is 11.4 Å². The summed E-state index contributed by atoms with van der Waals surface area (Å²) < 4.78 is 7.84. The van der Waals surface area contributed by atoms with Gasteiger partial charge in [0.1, 0.15) is 6.73 Å². The van der Waals surface area contributed by atoms with E-state index in [1.807, 2.05) is 114 Å². The number of aromatic nitrogens is 4. The first-order chi connectivity index (χ1) is 29.0. The van der Waals surface area contributed by atoms with E-state index in [1.165, 1.54) is 0 Å². The zero-order chi connectivity index (χ0) is 42.1. The van der Waals surface area contributed by atoms with Crippen LogP contribution in [0.15, 0.2) is 146 Å². The average molecular weight is 809 g/mol. The topological polar surface area (TPSA) is 142 Å². The summed E-state index contributed by atoms with van der Waals surface area (Å²) in [6.07, 6.45) is 8.04. The Labute approximate surface area is 351 Å². The highest BCUT2D eigenvalue weighted by Gasteiger charge is 2.17. The summed E-state index contributed by atoms with van der Waals surface area (Å²) in [5.41, 5.74) is 20.7. The van der Waals surface area contributed by atoms with Crippen LogP contribution in [0.1, 0.15) is 54.4 Å². The van der Waals surface area contributed by atoms with Crippen molar-refractivity contribution in [3.8, 4) is 0 Å². The van der Waals surface area contributed by atoms with Gasteiger partial charge in [-0.2, -0.15) is 10.2 Å². The summed E-state index contributed by atoms with van der Waals surface area (Å²) in [5.74, 6) is -0.127. The van der Waals surface area contributed by atoms with Crippen molar-refractivity contribution in [2.24, 2.45) is 0 Å². The molecule has 9 nitrogen and oxygen atoms in total. The van der Waals surface area contributed by atoms with Crippen LogP contribution < -0.4 is 11.5 Å². The van der Waals surface area contributed by atoms with Gasteiger partial charge in [0.2, 0.25) is 0 Å². The van der Waals surface area contributed by atoms with Crippen LogP contribution in [0.3, 0.4) is 0 Å². The number of hydrogen-bond acceptors (Lipinski definition) is 7. The van der Waals surface area contributed by atoms with Crippen LogP contribution in [-0.2, 0) is 11.5 Å². The van der Waals surface area contributed by atoms with Crippen LogP contribution >= 0.6 is 0 Å². The van der Waals surface area contributed by atoms with Gasteiger partial charge in [-0.3, -0.25) is 14.7 Å². The number of fused-ring (bicyclic) bond motifs is 2. The van der Waals surface area contributed by atoms with Gasteiger partial charge < -0.3 is 16.2 Å². The molecule has 5 N–H and O–H groups in total. The van der Waals surface area contributed by atoms with E-state index < -0.39 is 8.07 Å². The first kappa shape index (κ1) is 41.0. The van der Waals surface area contributed by atoms with Gasteiger partial charge >= 0.3 is 0 Å². The fraction of sp³-hybridized carbons (Fsp3) is 0.120. The molecule has 0 amide bonds. The fourth-order valence-electron chi connectivity index (χ4n) is 6.57. The number of rotatable bonds is 13. The normalized spacial score (nSPS) is 11.7. The third kappa shape index (κ3) is 10.5. The number of carbonyl (C=O) groups excluding carboxylic acids is 2. The lowest BCUT2D eigenvalue weighted by Crippen LogP contribution is -2.22. The number of nitrogens with zero attached hydrogens (tertiary/aromatic N) is 3. The highest BCUT2D eigenvalue weighted by atomic mass is 28.3. The maximum Gasteiger partial charge on any atom is 0.193 e. The second-order valence-electron chi connectivity index (χ2n) is 15.7. The lowest BCUT2D eigenvalue weighted by Gasteiger charge is -2.15. The number of ketones is 2. The summed E-state index contributed by atoms with van der Waals surface area (Å²) in [6, 6.07) is 46.6. The quantitative estimate of drug-likeness (QED) is 0.0455. The van der Waals surface area contributed by atoms with Gasteiger partial charge in [-0.1, -0.05) is 129 Å². The number of carbonyl (C=O) groups is 2. The maximum absolute atomic E-state index is 13.1. The van der Waals surface area contributed by atoms with E-state index in [4.69, 9.17) is 21.3 Å². The molecule has 0 aliphatic rings. The summed E-state index contributed by atoms with van der Waals surface area (Å²) in [7, 11) is -1.18. The lowest BCUT2D eigenvalue weighted by molar-refractivity contribution is 0.0816. The van der Waals surface area contributed by atoms with Gasteiger partial charge in [0.15, 0.2) is 11.6 Å². The van der Waals surface area contributed by atoms with Crippen LogP contribution in [0.2, 0.25) is 25.7 Å². The van der Waals surface area contributed by atoms with Crippen molar-refractivity contribution in [1.82, 2.24) is 20.0 Å². The average Bonchev–Trinajstić information content (AvgIpc) is 3.83. The van der Waals surface area contributed by atoms with Crippen LogP contribution in [0, 0.1) is 0 Å². The number of ether oxygens (including phenoxy) is 1. The summed E-state index contributed by atoms with van der Waals surface area (Å²) in [5, 5.41) is 14.1. The van der Waals surface area contributed by atoms with Crippen molar-refractivity contribution in [3.05, 3.63) is 190 Å². The molecule has 60 heavy (non-hydrogen) atoms. The molecule has 0 aliphatic heterocycles. The van der Waals surface area contributed by atoms with E-state index in [2.05, 4.69) is 42.0 Å². The van der Waals surface area contributed by atoms with E-state index in [0.717, 1.165) is 50.4 Å². The molecule has 2 heterocycles. The molecule has 0 bridgehead atoms. The molecule has 8 aromatic rings. The minimum Gasteiger partial charge on any atom is -0.399 e. The van der Waals surface area contributed by atoms with Crippen molar-refractivity contribution >= 4 is 77.1 Å². The highest BCUT2D eigenvalue weighted by molar-refractivity contribution is 6.76. The number of H-pyrrole nitrogens is 1. The fourth-order valence-corrected chi connectivity index (χ4v) is 7.33. The zero-order valence-electron chi connectivity index (χ0n) is 34.0. The minimum absolute atomic E-state index is 0.0600. The second kappa shape index (κ2) is 18.6. The molecular formula is C50H48N6O3Si. The molecule has 0 saturated heterocycles. The Morgan fingerprint density at radius 3 is 1.72 bits per heavy atom. The zero-order valence-corrected chi connectivity index (χ0v) is 35.0. The number of nitrogens with two attached hydrogens (primary N) is 2. The maximum atomic E-state index is 13.1. The van der Waals surface area contributed by atoms with Crippen LogP contribution in [0.5, 0.6) is 0 Å². The third-order valence-corrected chi connectivity index (χ3v) is 11.6. The van der Waals surface area contributed by atoms with E-state index in [9.17, 15) is 9.59 Å². The molecule has 0 fully saturated rings. The number of hydrogen-bond donors (Lipinski definition) is 3. The molecule has 10 heteroatoms. The van der Waals surface area contributed by atoms with E-state index in [0.29, 0.717) is 47.0 Å². The monoisotopic (exact) mass is 808 g/mol. The highest BCUT2D eigenvalue weighted by Crippen LogP contribution is 2.25. The van der Waals surface area contributed by atoms with Gasteiger partial charge in [-0.25, -0.2) is 4.68 Å². The molecule has 0 aliphatic carbocycles. The molecule has 0 radical (unpaired) electrons. The molecule has 0 saturated carbocycles. The van der Waals surface area contributed by atoms with Gasteiger partial charge in [-0.15, -0.1) is 0 Å². The largest absolute Gasteiger partial charge is 0.399 e. The Hall–Kier alpha value is -7.14. The summed E-state index contributed by atoms with van der Waals surface area (Å²) in [6.45, 7) is 8.05. The Bertz CT molecular complexity index is 2820. The number of nitrogen functional groups attached to an aromatic ring is 2. The van der Waals surface area contributed by atoms with Gasteiger partial charge in [0, 0.05) is 59.1 Å². The van der Waals surface area contributed by atoms with Crippen molar-refractivity contribution in [3.63, 3.8) is 0 Å². The summed E-state index contributed by atoms with van der Waals surface area (Å²) in [4.78, 5) is 25.8. The predicted molar refractivity (Wildman–Crippen MR) is 249 cm³/mol. The molecule has 6 aromatic carbocycles. The number of aromatic amines is 1. The Morgan fingerprint density at radius 2 is 1.15 bits per heavy atom. The molecule has 300 valence electrons. The van der Waals surface area contributed by atoms with Gasteiger partial charge in [0.25, 0.3) is 0 Å². The van der Waals surface area contributed by atoms with E-state index in [1.54, 1.807) is 48.5 Å². The standard InChI is InChI=1S/C28H31N3O2Si.C22H17N3O/c1-34(2,3)17-16-33-20-31-27-19-23(28(32)22-10-7-11-24(29)18-22)13-14-25(27)26(30-31)15-12-21-8-5-4-6-9-21;23-18-8-4-7-16(13-18)22(26)17-10-11-19-20(24-25-21(19)14-17)12-9-15-5-2-1-3-6-15/h4-15,18-19H,16-17,20,29H2,1-3H3;1-14H,23H2,(H,24,25)/b15-12+;12-9+. The lowest BCUT2D eigenvalue weighted by atomic mass is 10.0. The van der Waals surface area contributed by atoms with E-state index in [-0.39, 0.29) is 11.6 Å². The molecular weight excluding hydrogens is 761 g/mol.